The number of aromatic nitrogens is 2. The summed E-state index contributed by atoms with van der Waals surface area (Å²) < 4.78 is 10.9. The Kier molecular flexibility index (Phi) is 8.63. The van der Waals surface area contributed by atoms with Gasteiger partial charge in [-0.15, -0.1) is 0 Å². The molecule has 0 fully saturated rings. The second-order valence-electron chi connectivity index (χ2n) is 5.88. The van der Waals surface area contributed by atoms with E-state index in [0.717, 1.165) is 46.4 Å². The topological polar surface area (TPSA) is 51.8 Å². The van der Waals surface area contributed by atoms with Crippen molar-refractivity contribution in [2.24, 2.45) is 0 Å². The predicted octanol–water partition coefficient (Wildman–Crippen LogP) is 7.44. The van der Waals surface area contributed by atoms with Crippen LogP contribution in [0.4, 0.5) is 5.69 Å². The van der Waals surface area contributed by atoms with Gasteiger partial charge in [-0.3, -0.25) is 0 Å². The quantitative estimate of drug-likeness (QED) is 0.198. The molecule has 0 aliphatic heterocycles. The molecule has 2 heterocycles. The fraction of sp³-hybridized carbons (Fsp3) is 0.222. The number of halogens is 3. The van der Waals surface area contributed by atoms with Crippen molar-refractivity contribution in [2.75, 3.05) is 5.73 Å². The third-order valence-electron chi connectivity index (χ3n) is 3.97. The van der Waals surface area contributed by atoms with E-state index >= 15 is 0 Å². The molecule has 0 atom stereocenters. The summed E-state index contributed by atoms with van der Waals surface area (Å²) in [6, 6.07) is 8.17. The molecule has 149 valence electrons. The van der Waals surface area contributed by atoms with Crippen molar-refractivity contribution in [3.63, 3.8) is 0 Å². The second kappa shape index (κ2) is 10.3. The SMILES string of the molecule is Cc1cc2c(C)nsc2cc1Cl.Cc1cc2c(C)nsc2cc1N.[Cl][Cu][Cl]. The van der Waals surface area contributed by atoms with Gasteiger partial charge in [0.15, 0.2) is 0 Å². The fourth-order valence-electron chi connectivity index (χ4n) is 2.42. The average Bonchev–Trinajstić information content (AvgIpc) is 3.14. The minimum atomic E-state index is 0.757. The second-order valence-corrected chi connectivity index (χ2v) is 9.45. The van der Waals surface area contributed by atoms with Gasteiger partial charge in [0.1, 0.15) is 0 Å². The van der Waals surface area contributed by atoms with Crippen LogP contribution in [0.15, 0.2) is 24.3 Å². The van der Waals surface area contributed by atoms with Crippen molar-refractivity contribution in [3.05, 3.63) is 51.8 Å². The van der Waals surface area contributed by atoms with Crippen LogP contribution < -0.4 is 5.73 Å². The van der Waals surface area contributed by atoms with Crippen molar-refractivity contribution >= 4 is 80.7 Å². The van der Waals surface area contributed by atoms with E-state index in [4.69, 9.17) is 17.3 Å². The van der Waals surface area contributed by atoms with Crippen LogP contribution in [-0.2, 0) is 13.1 Å². The molecule has 27 heavy (non-hydrogen) atoms. The third-order valence-corrected chi connectivity index (χ3v) is 6.18. The Morgan fingerprint density at radius 1 is 0.815 bits per heavy atom. The molecule has 2 aromatic carbocycles. The minimum absolute atomic E-state index is 0.757. The van der Waals surface area contributed by atoms with Gasteiger partial charge in [0, 0.05) is 21.5 Å². The van der Waals surface area contributed by atoms with Crippen LogP contribution in [0, 0.1) is 27.7 Å². The van der Waals surface area contributed by atoms with Gasteiger partial charge in [-0.2, -0.15) is 8.75 Å². The first kappa shape index (κ1) is 22.7. The van der Waals surface area contributed by atoms with Crippen LogP contribution in [0.2, 0.25) is 5.02 Å². The van der Waals surface area contributed by atoms with E-state index in [-0.39, 0.29) is 0 Å². The van der Waals surface area contributed by atoms with Crippen molar-refractivity contribution in [1.29, 1.82) is 0 Å². The van der Waals surface area contributed by atoms with E-state index in [1.54, 1.807) is 0 Å². The number of hydrogen-bond donors (Lipinski definition) is 1. The number of nitrogens with two attached hydrogens (primary N) is 1. The maximum atomic E-state index is 5.98. The van der Waals surface area contributed by atoms with Gasteiger partial charge in [-0.05, 0) is 86.2 Å². The summed E-state index contributed by atoms with van der Waals surface area (Å²) in [5.74, 6) is 0. The van der Waals surface area contributed by atoms with E-state index in [1.807, 2.05) is 39.8 Å². The van der Waals surface area contributed by atoms with Crippen LogP contribution in [0.1, 0.15) is 22.5 Å². The van der Waals surface area contributed by atoms with Gasteiger partial charge in [0.25, 0.3) is 0 Å². The van der Waals surface area contributed by atoms with Crippen LogP contribution in [-0.4, -0.2) is 8.75 Å². The standard InChI is InChI=1S/C9H8ClNS.C9H10N2S.2ClH.Cu/c2*1-5-3-7-6(2)11-12-9(7)4-8(5)10;;;/h3-4H,1-2H3;3-4H,10H2,1-2H3;2*1H;/q;;;;+2/p-2. The Balaban J connectivity index is 0.000000170. The van der Waals surface area contributed by atoms with Crippen LogP contribution in [0.5, 0.6) is 0 Å². The molecule has 4 rings (SSSR count). The molecule has 0 unspecified atom stereocenters. The Morgan fingerprint density at radius 2 is 1.26 bits per heavy atom. The zero-order valence-electron chi connectivity index (χ0n) is 15.0. The molecule has 2 aromatic heterocycles. The number of nitrogen functional groups attached to an aromatic ring is 1. The predicted molar refractivity (Wildman–Crippen MR) is 119 cm³/mol. The molecule has 0 aliphatic carbocycles. The molecule has 0 saturated carbocycles. The molecular formula is C18H18Cl3CuN3S2. The Bertz CT molecular complexity index is 979. The Morgan fingerprint density at radius 3 is 1.78 bits per heavy atom. The number of nitrogens with zero attached hydrogens (tertiary/aromatic N) is 2. The first-order valence-corrected chi connectivity index (χ1v) is 12.3. The van der Waals surface area contributed by atoms with Gasteiger partial charge in [-0.25, -0.2) is 0 Å². The molecule has 3 nitrogen and oxygen atoms in total. The molecule has 0 aliphatic rings. The molecule has 0 radical (unpaired) electrons. The molecule has 0 saturated heterocycles. The summed E-state index contributed by atoms with van der Waals surface area (Å²) in [4.78, 5) is 0. The van der Waals surface area contributed by atoms with E-state index in [9.17, 15) is 0 Å². The van der Waals surface area contributed by atoms with Gasteiger partial charge in [0.05, 0.1) is 20.8 Å². The molecule has 4 aromatic rings. The van der Waals surface area contributed by atoms with Crippen molar-refractivity contribution in [2.45, 2.75) is 27.7 Å². The summed E-state index contributed by atoms with van der Waals surface area (Å²) in [7, 11) is 9.34. The summed E-state index contributed by atoms with van der Waals surface area (Å²) in [5, 5.41) is 3.28. The van der Waals surface area contributed by atoms with Crippen LogP contribution >= 0.6 is 54.9 Å². The Labute approximate surface area is 186 Å². The third kappa shape index (κ3) is 5.70. The van der Waals surface area contributed by atoms with Crippen molar-refractivity contribution in [3.8, 4) is 0 Å². The zero-order valence-corrected chi connectivity index (χ0v) is 19.9. The van der Waals surface area contributed by atoms with E-state index < -0.39 is 0 Å². The van der Waals surface area contributed by atoms with Crippen LogP contribution in [0.3, 0.4) is 0 Å². The number of rotatable bonds is 0. The molecule has 9 heteroatoms. The van der Waals surface area contributed by atoms with Gasteiger partial charge >= 0.3 is 33.3 Å². The normalized spacial score (nSPS) is 10.5. The van der Waals surface area contributed by atoms with Gasteiger partial charge < -0.3 is 5.73 Å². The van der Waals surface area contributed by atoms with Crippen molar-refractivity contribution < 1.29 is 13.1 Å². The molecule has 2 N–H and O–H groups in total. The first-order chi connectivity index (χ1) is 12.8. The number of benzene rings is 2. The Hall–Kier alpha value is -0.591. The van der Waals surface area contributed by atoms with Crippen LogP contribution in [0.25, 0.3) is 20.2 Å². The number of anilines is 1. The summed E-state index contributed by atoms with van der Waals surface area (Å²) in [6.07, 6.45) is 0. The van der Waals surface area contributed by atoms with Gasteiger partial charge in [0.2, 0.25) is 0 Å². The summed E-state index contributed by atoms with van der Waals surface area (Å²) in [6.45, 7) is 8.07. The zero-order chi connectivity index (χ0) is 20.1. The molecular weight excluding hydrogens is 492 g/mol. The molecule has 0 amide bonds. The fourth-order valence-corrected chi connectivity index (χ4v) is 4.27. The maximum absolute atomic E-state index is 5.98. The number of aryl methyl sites for hydroxylation is 4. The average molecular weight is 510 g/mol. The van der Waals surface area contributed by atoms with Crippen molar-refractivity contribution in [1.82, 2.24) is 8.75 Å². The van der Waals surface area contributed by atoms with E-state index in [1.165, 1.54) is 43.2 Å². The first-order valence-electron chi connectivity index (χ1n) is 7.74. The number of fused-ring (bicyclic) bond motifs is 2. The van der Waals surface area contributed by atoms with E-state index in [0.29, 0.717) is 0 Å². The summed E-state index contributed by atoms with van der Waals surface area (Å²) in [5.41, 5.74) is 11.1. The monoisotopic (exact) mass is 508 g/mol. The number of hydrogen-bond acceptors (Lipinski definition) is 5. The van der Waals surface area contributed by atoms with Gasteiger partial charge in [-0.1, -0.05) is 11.6 Å². The summed E-state index contributed by atoms with van der Waals surface area (Å²) >= 11 is 9.74. The van der Waals surface area contributed by atoms with E-state index in [2.05, 4.69) is 41.1 Å². The molecule has 0 bridgehead atoms. The molecule has 0 spiro atoms.